The number of carbonyl (C=O) groups is 1. The molecule has 0 spiro atoms. The summed E-state index contributed by atoms with van der Waals surface area (Å²) in [6.45, 7) is 8.04. The zero-order valence-corrected chi connectivity index (χ0v) is 17.2. The van der Waals surface area contributed by atoms with Gasteiger partial charge in [-0.1, -0.05) is 30.9 Å². The summed E-state index contributed by atoms with van der Waals surface area (Å²) >= 11 is 0. The van der Waals surface area contributed by atoms with Crippen molar-refractivity contribution in [2.24, 2.45) is 0 Å². The van der Waals surface area contributed by atoms with Gasteiger partial charge in [-0.3, -0.25) is 4.79 Å². The molecule has 1 heterocycles. The molecular weight excluding hydrogens is 330 g/mol. The van der Waals surface area contributed by atoms with E-state index in [9.17, 15) is 4.79 Å². The van der Waals surface area contributed by atoms with E-state index in [4.69, 9.17) is 9.47 Å². The fourth-order valence-corrected chi connectivity index (χ4v) is 7.09. The van der Waals surface area contributed by atoms with Crippen LogP contribution in [-0.2, 0) is 10.2 Å². The van der Waals surface area contributed by atoms with Crippen molar-refractivity contribution >= 4 is 13.9 Å². The van der Waals surface area contributed by atoms with Gasteiger partial charge in [0.15, 0.2) is 17.3 Å². The van der Waals surface area contributed by atoms with Crippen LogP contribution >= 0.6 is 0 Å². The van der Waals surface area contributed by atoms with Crippen molar-refractivity contribution in [2.45, 2.75) is 43.9 Å². The Morgan fingerprint density at radius 3 is 2.44 bits per heavy atom. The maximum atomic E-state index is 12.5. The van der Waals surface area contributed by atoms with Gasteiger partial charge in [-0.2, -0.15) is 0 Å². The van der Waals surface area contributed by atoms with Gasteiger partial charge in [0.1, 0.15) is 0 Å². The van der Waals surface area contributed by atoms with Gasteiger partial charge in [-0.05, 0) is 43.8 Å². The molecule has 0 radical (unpaired) electrons. The Kier molecular flexibility index (Phi) is 4.58. The largest absolute Gasteiger partial charge is 0.493 e. The number of likely N-dealkylation sites (N-methyl/N-ethyl adjacent to an activating group) is 1. The topological polar surface area (TPSA) is 38.8 Å². The number of benzene rings is 1. The Bertz CT molecular complexity index is 722. The van der Waals surface area contributed by atoms with Gasteiger partial charge >= 0.3 is 0 Å². The number of nitrogens with zero attached hydrogens (tertiary/aromatic N) is 1. The molecule has 1 aliphatic heterocycles. The zero-order chi connectivity index (χ0) is 18.4. The first-order valence-electron chi connectivity index (χ1n) is 8.92. The zero-order valence-electron chi connectivity index (χ0n) is 16.2. The minimum absolute atomic E-state index is 0.0906. The first-order valence-corrected chi connectivity index (χ1v) is 12.4. The summed E-state index contributed by atoms with van der Waals surface area (Å²) in [6.07, 6.45) is 3.62. The molecule has 1 aliphatic carbocycles. The van der Waals surface area contributed by atoms with Gasteiger partial charge in [0.05, 0.1) is 22.3 Å². The normalized spacial score (nSPS) is 27.0. The molecule has 0 bridgehead atoms. The summed E-state index contributed by atoms with van der Waals surface area (Å²) < 4.78 is 11.0. The van der Waals surface area contributed by atoms with Crippen LogP contribution in [0.2, 0.25) is 19.6 Å². The van der Waals surface area contributed by atoms with E-state index in [0.29, 0.717) is 6.42 Å². The summed E-state index contributed by atoms with van der Waals surface area (Å²) in [5.41, 5.74) is 1.16. The third kappa shape index (κ3) is 2.83. The summed E-state index contributed by atoms with van der Waals surface area (Å²) in [4.78, 5) is 14.8. The number of allylic oxidation sites excluding steroid dienone is 1. The molecule has 0 saturated carbocycles. The van der Waals surface area contributed by atoms with Crippen molar-refractivity contribution in [2.75, 3.05) is 27.8 Å². The molecule has 1 aromatic rings. The standard InChI is InChI=1S/C20H29NO3Si/c1-21-10-9-20(14-7-8-16(23-2)17(11-14)24-3)18(21)12-15(22)13-19(20)25(4,5)6/h7-8,11,13,18H,9-10,12H2,1-6H3/t18-,20+/m0/s1. The molecule has 0 amide bonds. The van der Waals surface area contributed by atoms with Crippen LogP contribution in [0.25, 0.3) is 0 Å². The summed E-state index contributed by atoms with van der Waals surface area (Å²) in [6, 6.07) is 6.51. The van der Waals surface area contributed by atoms with Crippen LogP contribution in [0.15, 0.2) is 29.5 Å². The monoisotopic (exact) mass is 359 g/mol. The molecule has 1 fully saturated rings. The molecule has 1 aromatic carbocycles. The number of likely N-dealkylation sites (tertiary alicyclic amines) is 1. The summed E-state index contributed by atoms with van der Waals surface area (Å²) in [5, 5.41) is 1.37. The Morgan fingerprint density at radius 1 is 1.16 bits per heavy atom. The molecule has 2 aliphatic rings. The third-order valence-corrected chi connectivity index (χ3v) is 8.05. The highest BCUT2D eigenvalue weighted by molar-refractivity contribution is 6.83. The maximum Gasteiger partial charge on any atom is 0.161 e. The van der Waals surface area contributed by atoms with Gasteiger partial charge in [0, 0.05) is 17.9 Å². The number of carbonyl (C=O) groups excluding carboxylic acids is 1. The van der Waals surface area contributed by atoms with E-state index in [2.05, 4.69) is 43.7 Å². The molecule has 3 rings (SSSR count). The Morgan fingerprint density at radius 2 is 1.84 bits per heavy atom. The second-order valence-electron chi connectivity index (χ2n) is 8.27. The van der Waals surface area contributed by atoms with Crippen LogP contribution in [0.1, 0.15) is 18.4 Å². The van der Waals surface area contributed by atoms with Gasteiger partial charge in [-0.25, -0.2) is 0 Å². The number of ketones is 1. The van der Waals surface area contributed by atoms with Crippen molar-refractivity contribution in [3.63, 3.8) is 0 Å². The van der Waals surface area contributed by atoms with Crippen LogP contribution < -0.4 is 9.47 Å². The van der Waals surface area contributed by atoms with E-state index in [1.54, 1.807) is 14.2 Å². The number of hydrogen-bond donors (Lipinski definition) is 0. The molecule has 1 saturated heterocycles. The molecule has 2 atom stereocenters. The lowest BCUT2D eigenvalue weighted by Crippen LogP contribution is -2.52. The smallest absolute Gasteiger partial charge is 0.161 e. The average molecular weight is 360 g/mol. The van der Waals surface area contributed by atoms with Crippen molar-refractivity contribution in [3.8, 4) is 11.5 Å². The predicted octanol–water partition coefficient (Wildman–Crippen LogP) is 3.42. The van der Waals surface area contributed by atoms with Gasteiger partial charge in [0.25, 0.3) is 0 Å². The molecule has 0 aromatic heterocycles. The van der Waals surface area contributed by atoms with Crippen LogP contribution in [0.3, 0.4) is 0 Å². The Balaban J connectivity index is 2.24. The van der Waals surface area contributed by atoms with Gasteiger partial charge in [0.2, 0.25) is 0 Å². The Hall–Kier alpha value is -1.59. The fourth-order valence-electron chi connectivity index (χ4n) is 4.73. The van der Waals surface area contributed by atoms with Gasteiger partial charge in [-0.15, -0.1) is 0 Å². The number of hydrogen-bond acceptors (Lipinski definition) is 4. The molecule has 25 heavy (non-hydrogen) atoms. The van der Waals surface area contributed by atoms with E-state index >= 15 is 0 Å². The lowest BCUT2D eigenvalue weighted by atomic mass is 9.69. The molecule has 0 unspecified atom stereocenters. The van der Waals surface area contributed by atoms with Crippen molar-refractivity contribution < 1.29 is 14.3 Å². The van der Waals surface area contributed by atoms with Crippen LogP contribution in [-0.4, -0.2) is 52.6 Å². The quantitative estimate of drug-likeness (QED) is 0.772. The third-order valence-electron chi connectivity index (χ3n) is 5.85. The minimum Gasteiger partial charge on any atom is -0.493 e. The highest BCUT2D eigenvalue weighted by Gasteiger charge is 2.55. The molecule has 136 valence electrons. The maximum absolute atomic E-state index is 12.5. The van der Waals surface area contributed by atoms with Crippen LogP contribution in [0, 0.1) is 0 Å². The lowest BCUT2D eigenvalue weighted by molar-refractivity contribution is -0.116. The van der Waals surface area contributed by atoms with Crippen LogP contribution in [0.5, 0.6) is 11.5 Å². The van der Waals surface area contributed by atoms with Crippen molar-refractivity contribution in [1.29, 1.82) is 0 Å². The number of rotatable bonds is 4. The van der Waals surface area contributed by atoms with Crippen LogP contribution in [0.4, 0.5) is 0 Å². The van der Waals surface area contributed by atoms with E-state index < -0.39 is 8.07 Å². The average Bonchev–Trinajstić information content (AvgIpc) is 2.90. The van der Waals surface area contributed by atoms with Gasteiger partial charge < -0.3 is 14.4 Å². The highest BCUT2D eigenvalue weighted by atomic mass is 28.3. The fraction of sp³-hybridized carbons (Fsp3) is 0.550. The predicted molar refractivity (Wildman–Crippen MR) is 103 cm³/mol. The van der Waals surface area contributed by atoms with E-state index in [1.807, 2.05) is 12.1 Å². The lowest BCUT2D eigenvalue weighted by Gasteiger charge is -2.46. The van der Waals surface area contributed by atoms with E-state index in [1.165, 1.54) is 10.8 Å². The SMILES string of the molecule is COc1ccc([C@]23CCN(C)[C@H]2CC(=O)C=C3[Si](C)(C)C)cc1OC. The minimum atomic E-state index is -1.68. The number of fused-ring (bicyclic) bond motifs is 1. The van der Waals surface area contributed by atoms with Crippen molar-refractivity contribution in [3.05, 3.63) is 35.0 Å². The molecule has 5 heteroatoms. The number of methoxy groups -OCH3 is 2. The molecular formula is C20H29NO3Si. The first kappa shape index (κ1) is 18.2. The summed E-state index contributed by atoms with van der Waals surface area (Å²) in [5.74, 6) is 1.78. The van der Waals surface area contributed by atoms with Crippen molar-refractivity contribution in [1.82, 2.24) is 4.90 Å². The van der Waals surface area contributed by atoms with E-state index in [0.717, 1.165) is 24.5 Å². The second-order valence-corrected chi connectivity index (χ2v) is 13.3. The summed E-state index contributed by atoms with van der Waals surface area (Å²) in [7, 11) is 3.81. The Labute approximate surface area is 151 Å². The number of ether oxygens (including phenoxy) is 2. The molecule has 0 N–H and O–H groups in total. The highest BCUT2D eigenvalue weighted by Crippen LogP contribution is 2.52. The molecule has 4 nitrogen and oxygen atoms in total. The second kappa shape index (κ2) is 6.29. The van der Waals surface area contributed by atoms with E-state index in [-0.39, 0.29) is 17.2 Å². The first-order chi connectivity index (χ1) is 11.7.